The Bertz CT molecular complexity index is 1480. The van der Waals surface area contributed by atoms with Gasteiger partial charge in [-0.2, -0.15) is 0 Å². The van der Waals surface area contributed by atoms with Crippen LogP contribution in [-0.2, 0) is 28.8 Å². The van der Waals surface area contributed by atoms with Crippen molar-refractivity contribution in [3.8, 4) is 0 Å². The maximum Gasteiger partial charge on any atom is 0.245 e. The van der Waals surface area contributed by atoms with E-state index in [0.29, 0.717) is 38.8 Å². The van der Waals surface area contributed by atoms with Crippen molar-refractivity contribution in [2.45, 2.75) is 115 Å². The van der Waals surface area contributed by atoms with Crippen molar-refractivity contribution in [2.24, 2.45) is 0 Å². The van der Waals surface area contributed by atoms with E-state index in [0.717, 1.165) is 11.1 Å². The van der Waals surface area contributed by atoms with Gasteiger partial charge in [-0.1, -0.05) is 60.7 Å². The van der Waals surface area contributed by atoms with E-state index in [2.05, 4.69) is 31.9 Å². The molecule has 6 N–H and O–H groups in total. The van der Waals surface area contributed by atoms with E-state index in [-0.39, 0.29) is 36.7 Å². The molecule has 2 saturated heterocycles. The molecule has 2 heterocycles. The van der Waals surface area contributed by atoms with E-state index in [1.807, 2.05) is 74.5 Å². The average Bonchev–Trinajstić information content (AvgIpc) is 3.89. The lowest BCUT2D eigenvalue weighted by Gasteiger charge is -2.32. The highest BCUT2D eigenvalue weighted by Gasteiger charge is 2.41. The molecule has 0 aliphatic carbocycles. The van der Waals surface area contributed by atoms with Gasteiger partial charge in [0.15, 0.2) is 0 Å². The molecule has 2 aliphatic rings. The fourth-order valence-electron chi connectivity index (χ4n) is 6.98. The third-order valence-electron chi connectivity index (χ3n) is 10.6. The number of likely N-dealkylation sites (tertiary alicyclic amines) is 2. The molecule has 14 heteroatoms. The molecule has 6 amide bonds. The maximum absolute atomic E-state index is 14.3. The van der Waals surface area contributed by atoms with Crippen molar-refractivity contribution < 1.29 is 28.8 Å². The zero-order valence-corrected chi connectivity index (χ0v) is 32.4. The Morgan fingerprint density at radius 2 is 0.926 bits per heavy atom. The lowest BCUT2D eigenvalue weighted by molar-refractivity contribution is -0.143. The quantitative estimate of drug-likeness (QED) is 0.142. The molecule has 4 rings (SSSR count). The van der Waals surface area contributed by atoms with Crippen LogP contribution in [0.4, 0.5) is 0 Å². The standard InChI is InChI=1S/C40H58N8O6/c1-25(29-15-9-7-10-16-29)43-37(51)33-19-13-23-47(33)39(53)31(45-35(49)27(3)41-5)21-22-32(46-36(50)28(4)42-6)40(54)48-24-14-20-34(48)38(52)44-26(2)30-17-11-8-12-18-30/h7-12,15-18,25-28,31-34,41-42H,13-14,19-24H2,1-6H3,(H,43,51)(H,44,52)(H,45,49)(H,46,50)/t25?,26?,27-,28-,31-,32-,33-,34-/m0/s1. The van der Waals surface area contributed by atoms with Crippen LogP contribution in [0.25, 0.3) is 0 Å². The highest BCUT2D eigenvalue weighted by Crippen LogP contribution is 2.24. The van der Waals surface area contributed by atoms with Gasteiger partial charge in [0.25, 0.3) is 0 Å². The van der Waals surface area contributed by atoms with Crippen molar-refractivity contribution in [1.82, 2.24) is 41.7 Å². The first-order valence-corrected chi connectivity index (χ1v) is 19.1. The predicted octanol–water partition coefficient (Wildman–Crippen LogP) is 1.69. The van der Waals surface area contributed by atoms with E-state index >= 15 is 0 Å². The maximum atomic E-state index is 14.3. The number of rotatable bonds is 17. The van der Waals surface area contributed by atoms with Gasteiger partial charge in [0, 0.05) is 13.1 Å². The van der Waals surface area contributed by atoms with E-state index in [9.17, 15) is 28.8 Å². The Hall–Kier alpha value is -4.82. The van der Waals surface area contributed by atoms with Gasteiger partial charge in [-0.3, -0.25) is 28.8 Å². The van der Waals surface area contributed by atoms with E-state index < -0.39 is 59.9 Å². The Morgan fingerprint density at radius 1 is 0.574 bits per heavy atom. The first-order valence-electron chi connectivity index (χ1n) is 19.1. The molecular formula is C40H58N8O6. The smallest absolute Gasteiger partial charge is 0.245 e. The van der Waals surface area contributed by atoms with Gasteiger partial charge >= 0.3 is 0 Å². The molecule has 0 radical (unpaired) electrons. The first kappa shape index (κ1) is 41.9. The summed E-state index contributed by atoms with van der Waals surface area (Å²) in [5.74, 6) is -2.29. The summed E-state index contributed by atoms with van der Waals surface area (Å²) < 4.78 is 0. The molecule has 0 bridgehead atoms. The molecule has 14 nitrogen and oxygen atoms in total. The number of nitrogens with one attached hydrogen (secondary N) is 6. The van der Waals surface area contributed by atoms with Crippen molar-refractivity contribution in [3.05, 3.63) is 71.8 Å². The molecule has 2 aromatic rings. The number of benzene rings is 2. The average molecular weight is 747 g/mol. The number of carbonyl (C=O) groups excluding carboxylic acids is 6. The molecule has 0 saturated carbocycles. The normalized spacial score (nSPS) is 20.2. The zero-order valence-electron chi connectivity index (χ0n) is 32.4. The van der Waals surface area contributed by atoms with Crippen molar-refractivity contribution in [2.75, 3.05) is 27.2 Å². The van der Waals surface area contributed by atoms with Crippen LogP contribution in [0.5, 0.6) is 0 Å². The van der Waals surface area contributed by atoms with Crippen LogP contribution >= 0.6 is 0 Å². The molecule has 0 aromatic heterocycles. The fourth-order valence-corrected chi connectivity index (χ4v) is 6.98. The molecule has 294 valence electrons. The summed E-state index contributed by atoms with van der Waals surface area (Å²) in [6, 6.07) is 13.6. The van der Waals surface area contributed by atoms with Gasteiger partial charge in [-0.05, 0) is 91.4 Å². The summed E-state index contributed by atoms with van der Waals surface area (Å²) in [7, 11) is 3.26. The second kappa shape index (κ2) is 20.0. The number of likely N-dealkylation sites (N-methyl/N-ethyl adjacent to an activating group) is 2. The molecule has 2 aromatic carbocycles. The zero-order chi connectivity index (χ0) is 39.4. The van der Waals surface area contributed by atoms with E-state index in [4.69, 9.17) is 0 Å². The van der Waals surface area contributed by atoms with Crippen LogP contribution < -0.4 is 31.9 Å². The van der Waals surface area contributed by atoms with Crippen LogP contribution in [0.2, 0.25) is 0 Å². The highest BCUT2D eigenvalue weighted by molar-refractivity contribution is 5.95. The van der Waals surface area contributed by atoms with Crippen molar-refractivity contribution in [1.29, 1.82) is 0 Å². The Balaban J connectivity index is 1.53. The summed E-state index contributed by atoms with van der Waals surface area (Å²) in [6.45, 7) is 7.75. The molecule has 2 fully saturated rings. The van der Waals surface area contributed by atoms with E-state index in [1.54, 1.807) is 27.9 Å². The number of hydrogen-bond acceptors (Lipinski definition) is 8. The Labute approximate surface area is 318 Å². The van der Waals surface area contributed by atoms with Crippen LogP contribution in [-0.4, -0.2) is 109 Å². The summed E-state index contributed by atoms with van der Waals surface area (Å²) >= 11 is 0. The minimum atomic E-state index is -1.09. The molecule has 8 atom stereocenters. The van der Waals surface area contributed by atoms with Crippen molar-refractivity contribution >= 4 is 35.4 Å². The molecule has 54 heavy (non-hydrogen) atoms. The lowest BCUT2D eigenvalue weighted by atomic mass is 10.0. The number of amides is 6. The molecule has 2 unspecified atom stereocenters. The second-order valence-electron chi connectivity index (χ2n) is 14.4. The largest absolute Gasteiger partial charge is 0.348 e. The van der Waals surface area contributed by atoms with Crippen LogP contribution in [0.3, 0.4) is 0 Å². The van der Waals surface area contributed by atoms with Crippen LogP contribution in [0.1, 0.15) is 89.4 Å². The van der Waals surface area contributed by atoms with Gasteiger partial charge in [-0.25, -0.2) is 0 Å². The summed E-state index contributed by atoms with van der Waals surface area (Å²) in [6.07, 6.45) is 2.13. The SMILES string of the molecule is CN[C@@H](C)C(=O)N[C@@H](CC[C@H](NC(=O)[C@H](C)NC)C(=O)N1CCC[C@H]1C(=O)NC(C)c1ccccc1)C(=O)N1CCC[C@H]1C(=O)NC(C)c1ccccc1. The van der Waals surface area contributed by atoms with Crippen molar-refractivity contribution in [3.63, 3.8) is 0 Å². The van der Waals surface area contributed by atoms with Gasteiger partial charge < -0.3 is 41.7 Å². The second-order valence-corrected chi connectivity index (χ2v) is 14.4. The van der Waals surface area contributed by atoms with E-state index in [1.165, 1.54) is 9.80 Å². The number of hydrogen-bond donors (Lipinski definition) is 6. The minimum absolute atomic E-state index is 0.00731. The predicted molar refractivity (Wildman–Crippen MR) is 206 cm³/mol. The van der Waals surface area contributed by atoms with Gasteiger partial charge in [0.2, 0.25) is 35.4 Å². The number of carbonyl (C=O) groups is 6. The molecular weight excluding hydrogens is 688 g/mol. The monoisotopic (exact) mass is 746 g/mol. The Morgan fingerprint density at radius 3 is 1.26 bits per heavy atom. The van der Waals surface area contributed by atoms with Crippen LogP contribution in [0.15, 0.2) is 60.7 Å². The lowest BCUT2D eigenvalue weighted by Crippen LogP contribution is -2.57. The summed E-state index contributed by atoms with van der Waals surface area (Å²) in [5, 5.41) is 17.5. The van der Waals surface area contributed by atoms with Gasteiger partial charge in [-0.15, -0.1) is 0 Å². The minimum Gasteiger partial charge on any atom is -0.348 e. The summed E-state index contributed by atoms with van der Waals surface area (Å²) in [4.78, 5) is 85.1. The molecule has 2 aliphatic heterocycles. The topological polar surface area (TPSA) is 181 Å². The molecule has 0 spiro atoms. The van der Waals surface area contributed by atoms with Gasteiger partial charge in [0.1, 0.15) is 24.2 Å². The number of nitrogens with zero attached hydrogens (tertiary/aromatic N) is 2. The van der Waals surface area contributed by atoms with Gasteiger partial charge in [0.05, 0.1) is 24.2 Å². The highest BCUT2D eigenvalue weighted by atomic mass is 16.2. The Kier molecular flexibility index (Phi) is 15.5. The fraction of sp³-hybridized carbons (Fsp3) is 0.550. The third kappa shape index (κ3) is 10.9. The first-order chi connectivity index (χ1) is 25.9. The third-order valence-corrected chi connectivity index (χ3v) is 10.6. The summed E-state index contributed by atoms with van der Waals surface area (Å²) in [5.41, 5.74) is 1.86. The van der Waals surface area contributed by atoms with Crippen LogP contribution in [0, 0.1) is 0 Å².